The molecule has 0 bridgehead atoms. The highest BCUT2D eigenvalue weighted by atomic mass is 16.1. The first-order valence-electron chi connectivity index (χ1n) is 4.80. The summed E-state index contributed by atoms with van der Waals surface area (Å²) in [5, 5.41) is 8.29. The van der Waals surface area contributed by atoms with E-state index in [0.29, 0.717) is 18.4 Å². The molecule has 2 nitrogen and oxygen atoms in total. The number of nitrogens with zero attached hydrogens (tertiary/aromatic N) is 1. The lowest BCUT2D eigenvalue weighted by molar-refractivity contribution is 0.105. The number of hydrogen-bond donors (Lipinski definition) is 0. The minimum Gasteiger partial charge on any atom is -0.279 e. The standard InChI is InChI=1S/C13H11NO/c14-11-7-2-1-6-10-13(15)12-8-4-3-5-9-12/h3-5,8-9H,1-2,7H2. The molecule has 0 saturated carbocycles. The van der Waals surface area contributed by atoms with Crippen molar-refractivity contribution in [3.63, 3.8) is 0 Å². The van der Waals surface area contributed by atoms with Gasteiger partial charge in [0.15, 0.2) is 0 Å². The largest absolute Gasteiger partial charge is 0.279 e. The van der Waals surface area contributed by atoms with Gasteiger partial charge in [-0.1, -0.05) is 36.3 Å². The number of carbonyl (C=O) groups is 1. The first kappa shape index (κ1) is 11.0. The van der Waals surface area contributed by atoms with Crippen LogP contribution in [0.15, 0.2) is 30.3 Å². The second-order valence-corrected chi connectivity index (χ2v) is 3.01. The Morgan fingerprint density at radius 3 is 2.60 bits per heavy atom. The lowest BCUT2D eigenvalue weighted by Gasteiger charge is -1.90. The van der Waals surface area contributed by atoms with Gasteiger partial charge >= 0.3 is 0 Å². The summed E-state index contributed by atoms with van der Waals surface area (Å²) in [7, 11) is 0. The van der Waals surface area contributed by atoms with Gasteiger partial charge in [0.2, 0.25) is 5.78 Å². The van der Waals surface area contributed by atoms with Crippen molar-refractivity contribution in [2.75, 3.05) is 0 Å². The second-order valence-electron chi connectivity index (χ2n) is 3.01. The molecule has 74 valence electrons. The van der Waals surface area contributed by atoms with Crippen LogP contribution in [0, 0.1) is 23.2 Å². The molecule has 0 atom stereocenters. The van der Waals surface area contributed by atoms with Gasteiger partial charge < -0.3 is 0 Å². The number of carbonyl (C=O) groups excluding carboxylic acids is 1. The Bertz CT molecular complexity index is 417. The molecule has 0 radical (unpaired) electrons. The third-order valence-corrected chi connectivity index (χ3v) is 1.83. The normalized spacial score (nSPS) is 8.47. The highest BCUT2D eigenvalue weighted by molar-refractivity contribution is 6.08. The minimum absolute atomic E-state index is 0.160. The molecule has 1 rings (SSSR count). The predicted octanol–water partition coefficient (Wildman–Crippen LogP) is 2.57. The zero-order valence-corrected chi connectivity index (χ0v) is 8.36. The van der Waals surface area contributed by atoms with E-state index in [1.165, 1.54) is 0 Å². The lowest BCUT2D eigenvalue weighted by atomic mass is 10.1. The number of hydrogen-bond acceptors (Lipinski definition) is 2. The maximum atomic E-state index is 11.4. The highest BCUT2D eigenvalue weighted by Gasteiger charge is 1.98. The molecule has 0 spiro atoms. The smallest absolute Gasteiger partial charge is 0.235 e. The molecule has 15 heavy (non-hydrogen) atoms. The maximum Gasteiger partial charge on any atom is 0.235 e. The Kier molecular flexibility index (Phi) is 4.70. The summed E-state index contributed by atoms with van der Waals surface area (Å²) in [5.41, 5.74) is 0.616. The Balaban J connectivity index is 2.46. The molecule has 0 fully saturated rings. The molecular formula is C13H11NO. The van der Waals surface area contributed by atoms with Crippen molar-refractivity contribution in [3.05, 3.63) is 35.9 Å². The lowest BCUT2D eigenvalue weighted by Crippen LogP contribution is -1.93. The summed E-state index contributed by atoms with van der Waals surface area (Å²) in [6.45, 7) is 0. The quantitative estimate of drug-likeness (QED) is 0.323. The molecule has 0 amide bonds. The van der Waals surface area contributed by atoms with Crippen LogP contribution < -0.4 is 0 Å². The molecule has 0 aliphatic rings. The molecule has 2 heteroatoms. The fourth-order valence-electron chi connectivity index (χ4n) is 1.06. The summed E-state index contributed by atoms with van der Waals surface area (Å²) >= 11 is 0. The summed E-state index contributed by atoms with van der Waals surface area (Å²) in [6, 6.07) is 11.0. The molecule has 0 saturated heterocycles. The van der Waals surface area contributed by atoms with Crippen molar-refractivity contribution < 1.29 is 4.79 Å². The fourth-order valence-corrected chi connectivity index (χ4v) is 1.06. The van der Waals surface area contributed by atoms with Crippen LogP contribution in [0.3, 0.4) is 0 Å². The monoisotopic (exact) mass is 197 g/mol. The van der Waals surface area contributed by atoms with E-state index in [1.54, 1.807) is 12.1 Å². The van der Waals surface area contributed by atoms with E-state index in [4.69, 9.17) is 5.26 Å². The van der Waals surface area contributed by atoms with Crippen LogP contribution in [-0.2, 0) is 0 Å². The number of unbranched alkanes of at least 4 members (excludes halogenated alkanes) is 2. The van der Waals surface area contributed by atoms with Crippen molar-refractivity contribution in [1.29, 1.82) is 5.26 Å². The Hall–Kier alpha value is -2.06. The van der Waals surface area contributed by atoms with Gasteiger partial charge in [-0.15, -0.1) is 0 Å². The second kappa shape index (κ2) is 6.40. The van der Waals surface area contributed by atoms with Crippen LogP contribution in [-0.4, -0.2) is 5.78 Å². The van der Waals surface area contributed by atoms with E-state index >= 15 is 0 Å². The maximum absolute atomic E-state index is 11.4. The SMILES string of the molecule is N#CCCCC#CC(=O)c1ccccc1. The molecule has 0 aliphatic carbocycles. The van der Waals surface area contributed by atoms with Crippen molar-refractivity contribution in [3.8, 4) is 17.9 Å². The summed E-state index contributed by atoms with van der Waals surface area (Å²) < 4.78 is 0. The van der Waals surface area contributed by atoms with Gasteiger partial charge in [0, 0.05) is 18.4 Å². The van der Waals surface area contributed by atoms with Crippen molar-refractivity contribution >= 4 is 5.78 Å². The van der Waals surface area contributed by atoms with Gasteiger partial charge in [0.1, 0.15) is 0 Å². The van der Waals surface area contributed by atoms with Crippen molar-refractivity contribution in [2.24, 2.45) is 0 Å². The third-order valence-electron chi connectivity index (χ3n) is 1.83. The van der Waals surface area contributed by atoms with Crippen LogP contribution in [0.1, 0.15) is 29.6 Å². The number of ketones is 1. The first-order chi connectivity index (χ1) is 7.34. The zero-order valence-electron chi connectivity index (χ0n) is 8.36. The van der Waals surface area contributed by atoms with Gasteiger partial charge in [-0.2, -0.15) is 5.26 Å². The fraction of sp³-hybridized carbons (Fsp3) is 0.231. The summed E-state index contributed by atoms with van der Waals surface area (Å²) in [6.07, 6.45) is 1.83. The van der Waals surface area contributed by atoms with Crippen LogP contribution in [0.4, 0.5) is 0 Å². The topological polar surface area (TPSA) is 40.9 Å². The first-order valence-corrected chi connectivity index (χ1v) is 4.80. The van der Waals surface area contributed by atoms with Gasteiger partial charge in [0.05, 0.1) is 6.07 Å². The van der Waals surface area contributed by atoms with Crippen LogP contribution in [0.5, 0.6) is 0 Å². The minimum atomic E-state index is -0.160. The molecule has 1 aromatic rings. The highest BCUT2D eigenvalue weighted by Crippen LogP contribution is 1.99. The molecule has 0 N–H and O–H groups in total. The molecule has 0 aromatic heterocycles. The van der Waals surface area contributed by atoms with E-state index in [-0.39, 0.29) is 5.78 Å². The zero-order chi connectivity index (χ0) is 10.9. The van der Waals surface area contributed by atoms with Gasteiger partial charge in [0.25, 0.3) is 0 Å². The Morgan fingerprint density at radius 2 is 1.93 bits per heavy atom. The van der Waals surface area contributed by atoms with Crippen molar-refractivity contribution in [2.45, 2.75) is 19.3 Å². The Morgan fingerprint density at radius 1 is 1.20 bits per heavy atom. The number of benzene rings is 1. The molecule has 0 heterocycles. The van der Waals surface area contributed by atoms with E-state index in [9.17, 15) is 4.79 Å². The molecule has 1 aromatic carbocycles. The van der Waals surface area contributed by atoms with E-state index in [0.717, 1.165) is 6.42 Å². The van der Waals surface area contributed by atoms with Crippen LogP contribution in [0.2, 0.25) is 0 Å². The van der Waals surface area contributed by atoms with E-state index < -0.39 is 0 Å². The molecule has 0 aliphatic heterocycles. The van der Waals surface area contributed by atoms with Gasteiger partial charge in [-0.25, -0.2) is 0 Å². The van der Waals surface area contributed by atoms with Crippen LogP contribution >= 0.6 is 0 Å². The Labute approximate surface area is 89.5 Å². The number of nitriles is 1. The average molecular weight is 197 g/mol. The van der Waals surface area contributed by atoms with Gasteiger partial charge in [-0.3, -0.25) is 4.79 Å². The predicted molar refractivity (Wildman–Crippen MR) is 58.0 cm³/mol. The summed E-state index contributed by atoms with van der Waals surface area (Å²) in [5.74, 6) is 5.17. The summed E-state index contributed by atoms with van der Waals surface area (Å²) in [4.78, 5) is 11.4. The van der Waals surface area contributed by atoms with E-state index in [2.05, 4.69) is 11.8 Å². The molecule has 0 unspecified atom stereocenters. The number of Topliss-reactive ketones (excluding diaryl/α,β-unsaturated/α-hetero) is 1. The van der Waals surface area contributed by atoms with Gasteiger partial charge in [-0.05, 0) is 12.3 Å². The number of rotatable bonds is 3. The van der Waals surface area contributed by atoms with Crippen molar-refractivity contribution in [1.82, 2.24) is 0 Å². The third kappa shape index (κ3) is 4.11. The average Bonchev–Trinajstić information content (AvgIpc) is 2.30. The van der Waals surface area contributed by atoms with Crippen LogP contribution in [0.25, 0.3) is 0 Å². The molecular weight excluding hydrogens is 186 g/mol. The van der Waals surface area contributed by atoms with E-state index in [1.807, 2.05) is 24.3 Å².